The van der Waals surface area contributed by atoms with E-state index in [2.05, 4.69) is 0 Å². The Balaban J connectivity index is 1.38. The first-order chi connectivity index (χ1) is 16.0. The second kappa shape index (κ2) is 8.38. The minimum absolute atomic E-state index is 0.169. The lowest BCUT2D eigenvalue weighted by molar-refractivity contribution is -0.135. The maximum Gasteiger partial charge on any atom is 0.339 e. The van der Waals surface area contributed by atoms with Crippen LogP contribution in [0.3, 0.4) is 0 Å². The van der Waals surface area contributed by atoms with Gasteiger partial charge in [0, 0.05) is 29.3 Å². The molecule has 2 aromatic carbocycles. The number of fused-ring (bicyclic) bond motifs is 3. The third kappa shape index (κ3) is 4.03. The Morgan fingerprint density at radius 1 is 0.970 bits per heavy atom. The largest absolute Gasteiger partial charge is 0.425 e. The molecule has 0 saturated heterocycles. The van der Waals surface area contributed by atoms with Crippen molar-refractivity contribution in [2.24, 2.45) is 0 Å². The number of aryl methyl sites for hydroxylation is 1. The van der Waals surface area contributed by atoms with E-state index >= 15 is 0 Å². The van der Waals surface area contributed by atoms with Gasteiger partial charge in [0.2, 0.25) is 0 Å². The number of ether oxygens (including phenoxy) is 1. The van der Waals surface area contributed by atoms with Gasteiger partial charge in [-0.3, -0.25) is 9.36 Å². The summed E-state index contributed by atoms with van der Waals surface area (Å²) in [5.41, 5.74) is 1.35. The Kier molecular flexibility index (Phi) is 5.26. The van der Waals surface area contributed by atoms with Crippen molar-refractivity contribution in [3.8, 4) is 5.75 Å². The number of esters is 1. The van der Waals surface area contributed by atoms with Crippen LogP contribution in [0.15, 0.2) is 79.6 Å². The lowest BCUT2D eigenvalue weighted by Crippen LogP contribution is -2.41. The highest BCUT2D eigenvalue weighted by Crippen LogP contribution is 2.29. The van der Waals surface area contributed by atoms with Crippen molar-refractivity contribution in [2.75, 3.05) is 0 Å². The highest BCUT2D eigenvalue weighted by molar-refractivity contribution is 5.84. The third-order valence-electron chi connectivity index (χ3n) is 5.80. The van der Waals surface area contributed by atoms with Gasteiger partial charge in [0.05, 0.1) is 6.54 Å². The van der Waals surface area contributed by atoms with E-state index in [1.165, 1.54) is 22.9 Å². The molecule has 2 heterocycles. The summed E-state index contributed by atoms with van der Waals surface area (Å²) >= 11 is 0. The van der Waals surface area contributed by atoms with Crippen LogP contribution in [0.25, 0.3) is 11.0 Å². The van der Waals surface area contributed by atoms with Crippen LogP contribution in [-0.4, -0.2) is 15.1 Å². The summed E-state index contributed by atoms with van der Waals surface area (Å²) in [7, 11) is 0. The molecular weight excluding hydrogens is 424 g/mol. The average molecular weight is 444 g/mol. The molecule has 0 amide bonds. The van der Waals surface area contributed by atoms with Gasteiger partial charge in [-0.05, 0) is 42.5 Å². The molecule has 1 aliphatic carbocycles. The summed E-state index contributed by atoms with van der Waals surface area (Å²) in [6.45, 7) is -0.275. The number of nitrogens with zero attached hydrogens (tertiary/aromatic N) is 2. The standard InChI is InChI=1S/C25H20N2O6/c28-22-11-12-26(14-16-5-2-1-3-6-16)25(31)27(22)15-23(29)32-17-9-10-19-18-7-4-8-20(18)24(30)33-21(19)13-17/h1-3,5-6,9-13H,4,7-8,14-15H2. The molecule has 4 aromatic rings. The quantitative estimate of drug-likeness (QED) is 0.266. The Bertz CT molecular complexity index is 1550. The van der Waals surface area contributed by atoms with Gasteiger partial charge in [0.25, 0.3) is 5.56 Å². The molecular formula is C25H20N2O6. The molecule has 1 aliphatic rings. The van der Waals surface area contributed by atoms with Crippen molar-refractivity contribution in [1.82, 2.24) is 9.13 Å². The lowest BCUT2D eigenvalue weighted by Gasteiger charge is -2.10. The van der Waals surface area contributed by atoms with Crippen LogP contribution in [0, 0.1) is 0 Å². The molecule has 0 saturated carbocycles. The van der Waals surface area contributed by atoms with Gasteiger partial charge in [0.15, 0.2) is 0 Å². The molecule has 8 nitrogen and oxygen atoms in total. The third-order valence-corrected chi connectivity index (χ3v) is 5.80. The van der Waals surface area contributed by atoms with Crippen molar-refractivity contribution in [1.29, 1.82) is 0 Å². The lowest BCUT2D eigenvalue weighted by atomic mass is 10.1. The first-order valence-corrected chi connectivity index (χ1v) is 10.6. The van der Waals surface area contributed by atoms with Gasteiger partial charge in [-0.1, -0.05) is 30.3 Å². The van der Waals surface area contributed by atoms with Crippen molar-refractivity contribution in [2.45, 2.75) is 32.4 Å². The second-order valence-corrected chi connectivity index (χ2v) is 7.97. The topological polar surface area (TPSA) is 101 Å². The molecule has 0 radical (unpaired) electrons. The van der Waals surface area contributed by atoms with E-state index in [0.29, 0.717) is 17.6 Å². The molecule has 0 atom stereocenters. The van der Waals surface area contributed by atoms with E-state index in [1.54, 1.807) is 12.1 Å². The molecule has 0 aliphatic heterocycles. The van der Waals surface area contributed by atoms with Crippen LogP contribution in [-0.2, 0) is 30.7 Å². The highest BCUT2D eigenvalue weighted by atomic mass is 16.5. The molecule has 0 N–H and O–H groups in total. The zero-order valence-electron chi connectivity index (χ0n) is 17.7. The van der Waals surface area contributed by atoms with E-state index < -0.39 is 23.8 Å². The van der Waals surface area contributed by atoms with Crippen LogP contribution in [0.1, 0.15) is 23.1 Å². The molecule has 166 valence electrons. The van der Waals surface area contributed by atoms with E-state index in [0.717, 1.165) is 33.9 Å². The van der Waals surface area contributed by atoms with Gasteiger partial charge in [-0.2, -0.15) is 0 Å². The summed E-state index contributed by atoms with van der Waals surface area (Å²) in [6, 6.07) is 15.4. The summed E-state index contributed by atoms with van der Waals surface area (Å²) in [4.78, 5) is 49.7. The van der Waals surface area contributed by atoms with E-state index in [-0.39, 0.29) is 17.9 Å². The number of carbonyl (C=O) groups excluding carboxylic acids is 1. The predicted molar refractivity (Wildman–Crippen MR) is 121 cm³/mol. The maximum absolute atomic E-state index is 12.8. The highest BCUT2D eigenvalue weighted by Gasteiger charge is 2.20. The fraction of sp³-hybridized carbons (Fsp3) is 0.200. The molecule has 2 aromatic heterocycles. The first-order valence-electron chi connectivity index (χ1n) is 10.6. The van der Waals surface area contributed by atoms with E-state index in [4.69, 9.17) is 9.15 Å². The van der Waals surface area contributed by atoms with Crippen LogP contribution >= 0.6 is 0 Å². The van der Waals surface area contributed by atoms with Crippen LogP contribution in [0.5, 0.6) is 5.75 Å². The monoisotopic (exact) mass is 444 g/mol. The van der Waals surface area contributed by atoms with Crippen molar-refractivity contribution in [3.63, 3.8) is 0 Å². The Morgan fingerprint density at radius 3 is 2.58 bits per heavy atom. The van der Waals surface area contributed by atoms with Crippen LogP contribution in [0.4, 0.5) is 0 Å². The Morgan fingerprint density at radius 2 is 1.76 bits per heavy atom. The predicted octanol–water partition coefficient (Wildman–Crippen LogP) is 2.26. The van der Waals surface area contributed by atoms with Crippen LogP contribution in [0.2, 0.25) is 0 Å². The molecule has 0 unspecified atom stereocenters. The first kappa shape index (κ1) is 20.7. The minimum atomic E-state index is -0.783. The second-order valence-electron chi connectivity index (χ2n) is 7.97. The zero-order chi connectivity index (χ0) is 22.9. The smallest absolute Gasteiger partial charge is 0.339 e. The number of hydrogen-bond acceptors (Lipinski definition) is 6. The zero-order valence-corrected chi connectivity index (χ0v) is 17.7. The van der Waals surface area contributed by atoms with Gasteiger partial charge in [-0.25, -0.2) is 19.0 Å². The molecule has 5 rings (SSSR count). The molecule has 0 fully saturated rings. The molecule has 33 heavy (non-hydrogen) atoms. The number of benzene rings is 2. The Labute approximate surface area is 187 Å². The number of carbonyl (C=O) groups is 1. The normalized spacial score (nSPS) is 12.6. The van der Waals surface area contributed by atoms with Gasteiger partial charge in [0.1, 0.15) is 17.9 Å². The van der Waals surface area contributed by atoms with Gasteiger partial charge >= 0.3 is 17.3 Å². The van der Waals surface area contributed by atoms with Gasteiger partial charge in [-0.15, -0.1) is 0 Å². The molecule has 0 bridgehead atoms. The number of rotatable bonds is 5. The summed E-state index contributed by atoms with van der Waals surface area (Å²) in [5, 5.41) is 0.824. The van der Waals surface area contributed by atoms with Crippen molar-refractivity contribution < 1.29 is 13.9 Å². The summed E-state index contributed by atoms with van der Waals surface area (Å²) in [6.07, 6.45) is 3.83. The van der Waals surface area contributed by atoms with Crippen molar-refractivity contribution >= 4 is 16.9 Å². The Hall–Kier alpha value is -4.20. The number of aromatic nitrogens is 2. The van der Waals surface area contributed by atoms with E-state index in [1.807, 2.05) is 30.3 Å². The number of hydrogen-bond donors (Lipinski definition) is 0. The summed E-state index contributed by atoms with van der Waals surface area (Å²) in [5.74, 6) is -0.614. The van der Waals surface area contributed by atoms with Crippen molar-refractivity contribution in [3.05, 3.63) is 109 Å². The fourth-order valence-corrected chi connectivity index (χ4v) is 4.22. The average Bonchev–Trinajstić information content (AvgIpc) is 3.30. The SMILES string of the molecule is O=C(Cn1c(=O)ccn(Cc2ccccc2)c1=O)Oc1ccc2c3c(c(=O)oc2c1)CCC3. The van der Waals surface area contributed by atoms with Crippen LogP contribution < -0.4 is 21.6 Å². The fourth-order valence-electron chi connectivity index (χ4n) is 4.22. The summed E-state index contributed by atoms with van der Waals surface area (Å²) < 4.78 is 12.9. The molecule has 0 spiro atoms. The maximum atomic E-state index is 12.8. The minimum Gasteiger partial charge on any atom is -0.425 e. The molecule has 8 heteroatoms. The van der Waals surface area contributed by atoms with Gasteiger partial charge < -0.3 is 9.15 Å². The van der Waals surface area contributed by atoms with E-state index in [9.17, 15) is 19.2 Å².